The van der Waals surface area contributed by atoms with Gasteiger partial charge in [0.1, 0.15) is 12.3 Å². The fourth-order valence-electron chi connectivity index (χ4n) is 4.37. The number of benzene rings is 2. The van der Waals surface area contributed by atoms with Gasteiger partial charge in [0.15, 0.2) is 5.65 Å². The maximum Gasteiger partial charge on any atom is 0.244 e. The molecule has 1 N–H and O–H groups in total. The molecule has 0 radical (unpaired) electrons. The van der Waals surface area contributed by atoms with Gasteiger partial charge in [-0.3, -0.25) is 4.79 Å². The van der Waals surface area contributed by atoms with Crippen LogP contribution in [0.15, 0.2) is 60.8 Å². The van der Waals surface area contributed by atoms with E-state index < -0.39 is 0 Å². The van der Waals surface area contributed by atoms with Crippen molar-refractivity contribution in [1.82, 2.24) is 19.7 Å². The quantitative estimate of drug-likeness (QED) is 0.429. The van der Waals surface area contributed by atoms with E-state index >= 15 is 0 Å². The minimum atomic E-state index is 0.0380. The molecule has 9 heteroatoms. The van der Waals surface area contributed by atoms with E-state index in [-0.39, 0.29) is 12.5 Å². The molecule has 2 aromatic carbocycles. The van der Waals surface area contributed by atoms with Gasteiger partial charge in [-0.1, -0.05) is 29.8 Å². The monoisotopic (exact) mass is 490 g/mol. The number of aryl methyl sites for hydroxylation is 1. The topological polar surface area (TPSA) is 75.5 Å². The van der Waals surface area contributed by atoms with Crippen molar-refractivity contribution in [2.75, 3.05) is 43.5 Å². The highest BCUT2D eigenvalue weighted by Gasteiger charge is 2.23. The number of ether oxygens (including phenoxy) is 1. The lowest BCUT2D eigenvalue weighted by molar-refractivity contribution is -0.132. The molecule has 0 unspecified atom stereocenters. The number of carbonyl (C=O) groups is 1. The summed E-state index contributed by atoms with van der Waals surface area (Å²) < 4.78 is 7.04. The first-order valence-corrected chi connectivity index (χ1v) is 11.9. The summed E-state index contributed by atoms with van der Waals surface area (Å²) in [5.41, 5.74) is 4.47. The first kappa shape index (κ1) is 23.0. The highest BCUT2D eigenvalue weighted by Crippen LogP contribution is 2.30. The third-order valence-electron chi connectivity index (χ3n) is 6.25. The molecule has 0 bridgehead atoms. The van der Waals surface area contributed by atoms with Gasteiger partial charge in [-0.25, -0.2) is 9.67 Å². The van der Waals surface area contributed by atoms with Gasteiger partial charge in [-0.2, -0.15) is 5.10 Å². The minimum absolute atomic E-state index is 0.0380. The van der Waals surface area contributed by atoms with Gasteiger partial charge in [-0.05, 0) is 37.3 Å². The smallest absolute Gasteiger partial charge is 0.244 e. The number of carbonyl (C=O) groups excluding carboxylic acids is 1. The molecular weight excluding hydrogens is 464 g/mol. The molecule has 2 aromatic heterocycles. The molecule has 180 valence electrons. The Labute approximate surface area is 209 Å². The Morgan fingerprint density at radius 1 is 1.06 bits per heavy atom. The second kappa shape index (κ2) is 9.84. The number of aromatic nitrogens is 3. The van der Waals surface area contributed by atoms with Crippen molar-refractivity contribution in [3.8, 4) is 5.75 Å². The van der Waals surface area contributed by atoms with Crippen molar-refractivity contribution in [2.24, 2.45) is 0 Å². The van der Waals surface area contributed by atoms with Gasteiger partial charge in [-0.15, -0.1) is 0 Å². The van der Waals surface area contributed by atoms with Crippen LogP contribution in [0.3, 0.4) is 0 Å². The molecule has 0 saturated carbocycles. The molecule has 3 heterocycles. The second-order valence-corrected chi connectivity index (χ2v) is 8.92. The molecule has 0 atom stereocenters. The summed E-state index contributed by atoms with van der Waals surface area (Å²) in [5.74, 6) is 0.689. The van der Waals surface area contributed by atoms with Crippen LogP contribution < -0.4 is 15.0 Å². The largest absolute Gasteiger partial charge is 0.495 e. The van der Waals surface area contributed by atoms with Crippen molar-refractivity contribution in [3.05, 3.63) is 71.5 Å². The summed E-state index contributed by atoms with van der Waals surface area (Å²) in [6, 6.07) is 17.7. The number of fused-ring (bicyclic) bond motifs is 1. The highest BCUT2D eigenvalue weighted by atomic mass is 35.5. The summed E-state index contributed by atoms with van der Waals surface area (Å²) in [7, 11) is 1.61. The molecule has 0 spiro atoms. The van der Waals surface area contributed by atoms with Gasteiger partial charge in [0.05, 0.1) is 29.7 Å². The number of piperazine rings is 1. The number of para-hydroxylation sites is 1. The van der Waals surface area contributed by atoms with E-state index in [1.54, 1.807) is 18.0 Å². The van der Waals surface area contributed by atoms with Crippen LogP contribution in [0.5, 0.6) is 5.75 Å². The van der Waals surface area contributed by atoms with E-state index in [2.05, 4.69) is 20.3 Å². The van der Waals surface area contributed by atoms with Crippen molar-refractivity contribution in [1.29, 1.82) is 0 Å². The maximum absolute atomic E-state index is 13.1. The fraction of sp³-hybridized carbons (Fsp3) is 0.269. The van der Waals surface area contributed by atoms with Crippen molar-refractivity contribution in [3.63, 3.8) is 0 Å². The summed E-state index contributed by atoms with van der Waals surface area (Å²) >= 11 is 6.15. The Morgan fingerprint density at radius 2 is 1.83 bits per heavy atom. The van der Waals surface area contributed by atoms with Gasteiger partial charge in [0, 0.05) is 49.0 Å². The zero-order valence-corrected chi connectivity index (χ0v) is 20.5. The lowest BCUT2D eigenvalue weighted by Crippen LogP contribution is -2.49. The summed E-state index contributed by atoms with van der Waals surface area (Å²) in [6.45, 7) is 4.86. The number of rotatable bonds is 6. The molecule has 4 aromatic rings. The lowest BCUT2D eigenvalue weighted by Gasteiger charge is -2.36. The van der Waals surface area contributed by atoms with Gasteiger partial charge < -0.3 is 19.9 Å². The predicted molar refractivity (Wildman–Crippen MR) is 139 cm³/mol. The minimum Gasteiger partial charge on any atom is -0.495 e. The van der Waals surface area contributed by atoms with Crippen molar-refractivity contribution >= 4 is 45.6 Å². The predicted octanol–water partition coefficient (Wildman–Crippen LogP) is 4.49. The third kappa shape index (κ3) is 4.88. The zero-order valence-electron chi connectivity index (χ0n) is 19.7. The Morgan fingerprint density at radius 3 is 2.57 bits per heavy atom. The number of nitrogens with zero attached hydrogens (tertiary/aromatic N) is 5. The summed E-state index contributed by atoms with van der Waals surface area (Å²) in [5, 5.41) is 9.48. The molecule has 1 fully saturated rings. The van der Waals surface area contributed by atoms with Crippen molar-refractivity contribution in [2.45, 2.75) is 13.5 Å². The number of nitrogens with one attached hydrogen (secondary N) is 1. The number of hydrogen-bond acceptors (Lipinski definition) is 6. The lowest BCUT2D eigenvalue weighted by atomic mass is 10.2. The number of pyridine rings is 1. The van der Waals surface area contributed by atoms with E-state index in [9.17, 15) is 4.79 Å². The molecule has 8 nitrogen and oxygen atoms in total. The Hall–Kier alpha value is -3.78. The number of amides is 1. The van der Waals surface area contributed by atoms with Gasteiger partial charge in [0.25, 0.3) is 0 Å². The van der Waals surface area contributed by atoms with E-state index in [4.69, 9.17) is 16.3 Å². The fourth-order valence-corrected chi connectivity index (χ4v) is 4.56. The van der Waals surface area contributed by atoms with E-state index in [0.29, 0.717) is 29.5 Å². The first-order valence-electron chi connectivity index (χ1n) is 11.5. The number of methoxy groups -OCH3 is 1. The van der Waals surface area contributed by atoms with Crippen LogP contribution in [0.2, 0.25) is 5.02 Å². The average molecular weight is 491 g/mol. The van der Waals surface area contributed by atoms with Crippen LogP contribution in [0.4, 0.5) is 17.1 Å². The summed E-state index contributed by atoms with van der Waals surface area (Å²) in [6.07, 6.45) is 1.77. The standard InChI is InChI=1S/C26H27ClN6O2/c1-18-22-14-20(29-19-6-4-3-5-7-19)16-28-26(22)33(30-18)17-25(34)32-12-10-31(11-13-32)21-8-9-23(27)24(15-21)35-2/h3-9,14-16,29H,10-13,17H2,1-2H3. The summed E-state index contributed by atoms with van der Waals surface area (Å²) in [4.78, 5) is 21.8. The number of hydrogen-bond donors (Lipinski definition) is 1. The third-order valence-corrected chi connectivity index (χ3v) is 6.56. The Kier molecular flexibility index (Phi) is 6.46. The second-order valence-electron chi connectivity index (χ2n) is 8.52. The average Bonchev–Trinajstić information content (AvgIpc) is 3.19. The number of halogens is 1. The van der Waals surface area contributed by atoms with Crippen LogP contribution in [0.25, 0.3) is 11.0 Å². The van der Waals surface area contributed by atoms with E-state index in [1.165, 1.54) is 0 Å². The van der Waals surface area contributed by atoms with Crippen LogP contribution in [-0.4, -0.2) is 58.9 Å². The van der Waals surface area contributed by atoms with Gasteiger partial charge >= 0.3 is 0 Å². The molecular formula is C26H27ClN6O2. The van der Waals surface area contributed by atoms with E-state index in [1.807, 2.05) is 66.4 Å². The molecule has 35 heavy (non-hydrogen) atoms. The van der Waals surface area contributed by atoms with Gasteiger partial charge in [0.2, 0.25) is 5.91 Å². The highest BCUT2D eigenvalue weighted by molar-refractivity contribution is 6.32. The molecule has 5 rings (SSSR count). The molecule has 0 aliphatic carbocycles. The van der Waals surface area contributed by atoms with Crippen LogP contribution in [0.1, 0.15) is 5.69 Å². The molecule has 1 saturated heterocycles. The first-order chi connectivity index (χ1) is 17.0. The molecule has 1 amide bonds. The Bertz CT molecular complexity index is 1350. The molecule has 1 aliphatic rings. The number of anilines is 3. The zero-order chi connectivity index (χ0) is 24.4. The van der Waals surface area contributed by atoms with E-state index in [0.717, 1.165) is 41.2 Å². The normalized spacial score (nSPS) is 13.8. The van der Waals surface area contributed by atoms with Crippen molar-refractivity contribution < 1.29 is 9.53 Å². The Balaban J connectivity index is 1.24. The van der Waals surface area contributed by atoms with Crippen LogP contribution in [-0.2, 0) is 11.3 Å². The molecule has 1 aliphatic heterocycles. The SMILES string of the molecule is COc1cc(N2CCN(C(=O)Cn3nc(C)c4cc(Nc5ccccc5)cnc43)CC2)ccc1Cl. The maximum atomic E-state index is 13.1. The van der Waals surface area contributed by atoms with Crippen LogP contribution >= 0.6 is 11.6 Å². The van der Waals surface area contributed by atoms with Crippen LogP contribution in [0, 0.1) is 6.92 Å².